The predicted molar refractivity (Wildman–Crippen MR) is 130 cm³/mol. The summed E-state index contributed by atoms with van der Waals surface area (Å²) in [5.41, 5.74) is 2.09. The molecule has 9 heteroatoms. The number of ether oxygens (including phenoxy) is 1. The van der Waals surface area contributed by atoms with E-state index in [9.17, 15) is 13.2 Å². The Morgan fingerprint density at radius 2 is 1.76 bits per heavy atom. The highest BCUT2D eigenvalue weighted by atomic mass is 32.2. The molecule has 0 unspecified atom stereocenters. The molecule has 2 heterocycles. The molecule has 1 N–H and O–H groups in total. The molecule has 0 atom stereocenters. The second-order valence-corrected chi connectivity index (χ2v) is 10.8. The maximum atomic E-state index is 13.4. The van der Waals surface area contributed by atoms with Gasteiger partial charge in [0.1, 0.15) is 10.6 Å². The number of carbonyl (C=O) groups excluding carboxylic acids is 1. The van der Waals surface area contributed by atoms with Crippen LogP contribution in [0.25, 0.3) is 10.4 Å². The molecular weight excluding hydrogens is 458 g/mol. The van der Waals surface area contributed by atoms with Crippen LogP contribution >= 0.6 is 11.3 Å². The number of benzene rings is 2. The number of nitrogens with zero attached hydrogens (tertiary/aromatic N) is 2. The average Bonchev–Trinajstić information content (AvgIpc) is 3.01. The number of amides is 1. The Balaban J connectivity index is 1.60. The average molecular weight is 486 g/mol. The van der Waals surface area contributed by atoms with E-state index in [1.807, 2.05) is 37.3 Å². The lowest BCUT2D eigenvalue weighted by molar-refractivity contribution is 0.102. The van der Waals surface area contributed by atoms with Gasteiger partial charge in [0.05, 0.1) is 17.7 Å². The van der Waals surface area contributed by atoms with E-state index >= 15 is 0 Å². The van der Waals surface area contributed by atoms with Gasteiger partial charge in [0.25, 0.3) is 5.91 Å². The molecule has 0 bridgehead atoms. The van der Waals surface area contributed by atoms with Gasteiger partial charge in [-0.3, -0.25) is 10.1 Å². The first kappa shape index (κ1) is 23.4. The summed E-state index contributed by atoms with van der Waals surface area (Å²) in [4.78, 5) is 18.5. The molecule has 1 aromatic heterocycles. The summed E-state index contributed by atoms with van der Waals surface area (Å²) >= 11 is 1.38. The molecule has 0 spiro atoms. The number of thiazole rings is 1. The molecule has 0 saturated carbocycles. The molecule has 33 heavy (non-hydrogen) atoms. The van der Waals surface area contributed by atoms with Crippen molar-refractivity contribution in [2.45, 2.75) is 37.5 Å². The third-order valence-corrected chi connectivity index (χ3v) is 8.70. The minimum absolute atomic E-state index is 0.0137. The Labute approximate surface area is 198 Å². The lowest BCUT2D eigenvalue weighted by atomic mass is 10.2. The number of sulfonamides is 1. The van der Waals surface area contributed by atoms with Crippen molar-refractivity contribution >= 4 is 32.4 Å². The van der Waals surface area contributed by atoms with Crippen LogP contribution in [0.3, 0.4) is 0 Å². The highest BCUT2D eigenvalue weighted by molar-refractivity contribution is 7.89. The second-order valence-electron chi connectivity index (χ2n) is 7.94. The molecule has 3 aromatic rings. The van der Waals surface area contributed by atoms with Gasteiger partial charge in [-0.15, -0.1) is 0 Å². The van der Waals surface area contributed by atoms with E-state index < -0.39 is 15.9 Å². The molecule has 1 aliphatic heterocycles. The standard InChI is InChI=1S/C24H27N3O4S2/c1-17-22(18-10-6-5-7-11-18)32-24(25-17)26-23(28)19-12-13-20(31-2)21(16-19)33(29,30)27-14-8-3-4-9-15-27/h5-7,10-13,16H,3-4,8-9,14-15H2,1-2H3,(H,25,26,28). The van der Waals surface area contributed by atoms with Crippen LogP contribution in [0.1, 0.15) is 41.7 Å². The Kier molecular flexibility index (Phi) is 7.11. The Morgan fingerprint density at radius 3 is 2.42 bits per heavy atom. The zero-order valence-electron chi connectivity index (χ0n) is 18.7. The van der Waals surface area contributed by atoms with Crippen molar-refractivity contribution in [1.29, 1.82) is 0 Å². The maximum Gasteiger partial charge on any atom is 0.257 e. The molecule has 1 aliphatic rings. The van der Waals surface area contributed by atoms with Crippen molar-refractivity contribution < 1.29 is 17.9 Å². The summed E-state index contributed by atoms with van der Waals surface area (Å²) in [5.74, 6) is -0.189. The normalized spacial score (nSPS) is 15.1. The van der Waals surface area contributed by atoms with E-state index in [2.05, 4.69) is 10.3 Å². The van der Waals surface area contributed by atoms with Crippen LogP contribution in [-0.4, -0.2) is 43.8 Å². The Bertz CT molecular complexity index is 1230. The monoisotopic (exact) mass is 485 g/mol. The first-order valence-electron chi connectivity index (χ1n) is 10.9. The van der Waals surface area contributed by atoms with Crippen LogP contribution in [-0.2, 0) is 10.0 Å². The molecule has 1 fully saturated rings. The van der Waals surface area contributed by atoms with E-state index in [1.165, 1.54) is 34.9 Å². The zero-order chi connectivity index (χ0) is 23.4. The summed E-state index contributed by atoms with van der Waals surface area (Å²) in [6.07, 6.45) is 3.69. The van der Waals surface area contributed by atoms with Crippen LogP contribution in [0.2, 0.25) is 0 Å². The fraction of sp³-hybridized carbons (Fsp3) is 0.333. The third kappa shape index (κ3) is 5.10. The number of hydrogen-bond donors (Lipinski definition) is 1. The molecule has 0 radical (unpaired) electrons. The van der Waals surface area contributed by atoms with E-state index in [4.69, 9.17) is 4.74 Å². The Morgan fingerprint density at radius 1 is 1.06 bits per heavy atom. The summed E-state index contributed by atoms with van der Waals surface area (Å²) in [7, 11) is -2.35. The highest BCUT2D eigenvalue weighted by Gasteiger charge is 2.29. The van der Waals surface area contributed by atoms with Gasteiger partial charge in [-0.2, -0.15) is 4.31 Å². The quantitative estimate of drug-likeness (QED) is 0.534. The molecule has 1 saturated heterocycles. The van der Waals surface area contributed by atoms with Crippen molar-refractivity contribution in [3.8, 4) is 16.2 Å². The van der Waals surface area contributed by atoms with Gasteiger partial charge in [-0.1, -0.05) is 54.5 Å². The van der Waals surface area contributed by atoms with Gasteiger partial charge in [0, 0.05) is 18.7 Å². The number of carbonyl (C=O) groups is 1. The van der Waals surface area contributed by atoms with Crippen LogP contribution in [0, 0.1) is 6.92 Å². The van der Waals surface area contributed by atoms with Gasteiger partial charge in [0.15, 0.2) is 5.13 Å². The molecule has 2 aromatic carbocycles. The molecule has 1 amide bonds. The highest BCUT2D eigenvalue weighted by Crippen LogP contribution is 2.33. The number of rotatable bonds is 6. The number of anilines is 1. The van der Waals surface area contributed by atoms with Gasteiger partial charge in [-0.25, -0.2) is 13.4 Å². The minimum atomic E-state index is -3.78. The summed E-state index contributed by atoms with van der Waals surface area (Å²) in [6, 6.07) is 14.3. The van der Waals surface area contributed by atoms with Crippen molar-refractivity contribution in [2.75, 3.05) is 25.5 Å². The number of nitrogens with one attached hydrogen (secondary N) is 1. The first-order chi connectivity index (χ1) is 15.9. The first-order valence-corrected chi connectivity index (χ1v) is 13.2. The summed E-state index contributed by atoms with van der Waals surface area (Å²) < 4.78 is 33.5. The number of aromatic nitrogens is 1. The summed E-state index contributed by atoms with van der Waals surface area (Å²) in [5, 5.41) is 3.28. The molecule has 7 nitrogen and oxygen atoms in total. The van der Waals surface area contributed by atoms with Gasteiger partial charge in [-0.05, 0) is 43.5 Å². The largest absolute Gasteiger partial charge is 0.495 e. The zero-order valence-corrected chi connectivity index (χ0v) is 20.3. The van der Waals surface area contributed by atoms with Crippen LogP contribution in [0.15, 0.2) is 53.4 Å². The van der Waals surface area contributed by atoms with E-state index in [0.717, 1.165) is 41.8 Å². The number of methoxy groups -OCH3 is 1. The van der Waals surface area contributed by atoms with E-state index in [1.54, 1.807) is 6.07 Å². The predicted octanol–water partition coefficient (Wildman–Crippen LogP) is 4.94. The summed E-state index contributed by atoms with van der Waals surface area (Å²) in [6.45, 7) is 2.85. The Hall–Kier alpha value is -2.75. The fourth-order valence-corrected chi connectivity index (χ4v) is 6.58. The van der Waals surface area contributed by atoms with E-state index in [-0.39, 0.29) is 16.2 Å². The van der Waals surface area contributed by atoms with Crippen molar-refractivity contribution in [1.82, 2.24) is 9.29 Å². The van der Waals surface area contributed by atoms with E-state index in [0.29, 0.717) is 18.2 Å². The molecular formula is C24H27N3O4S2. The van der Waals surface area contributed by atoms with Crippen molar-refractivity contribution in [2.24, 2.45) is 0 Å². The lowest BCUT2D eigenvalue weighted by Crippen LogP contribution is -2.32. The molecule has 4 rings (SSSR count). The SMILES string of the molecule is COc1ccc(C(=O)Nc2nc(C)c(-c3ccccc3)s2)cc1S(=O)(=O)N1CCCCCC1. The topological polar surface area (TPSA) is 88.6 Å². The third-order valence-electron chi connectivity index (χ3n) is 5.66. The van der Waals surface area contributed by atoms with Crippen LogP contribution in [0.5, 0.6) is 5.75 Å². The lowest BCUT2D eigenvalue weighted by Gasteiger charge is -2.21. The fourth-order valence-electron chi connectivity index (χ4n) is 3.92. The minimum Gasteiger partial charge on any atom is -0.495 e. The van der Waals surface area contributed by atoms with Gasteiger partial charge >= 0.3 is 0 Å². The van der Waals surface area contributed by atoms with Crippen LogP contribution < -0.4 is 10.1 Å². The van der Waals surface area contributed by atoms with Crippen molar-refractivity contribution in [3.05, 3.63) is 59.8 Å². The molecule has 174 valence electrons. The van der Waals surface area contributed by atoms with Crippen molar-refractivity contribution in [3.63, 3.8) is 0 Å². The second kappa shape index (κ2) is 10.0. The number of hydrogen-bond acceptors (Lipinski definition) is 6. The molecule has 0 aliphatic carbocycles. The number of aryl methyl sites for hydroxylation is 1. The smallest absolute Gasteiger partial charge is 0.257 e. The maximum absolute atomic E-state index is 13.4. The van der Waals surface area contributed by atoms with Gasteiger partial charge < -0.3 is 4.74 Å². The van der Waals surface area contributed by atoms with Crippen LogP contribution in [0.4, 0.5) is 5.13 Å². The van der Waals surface area contributed by atoms with Gasteiger partial charge in [0.2, 0.25) is 10.0 Å².